The number of hydrogen-bond donors (Lipinski definition) is 1. The lowest BCUT2D eigenvalue weighted by atomic mass is 9.50. The molecule has 3 saturated carbocycles. The smallest absolute Gasteiger partial charge is 0.146 e. The molecule has 0 bridgehead atoms. The van der Waals surface area contributed by atoms with E-state index in [4.69, 9.17) is 0 Å². The van der Waals surface area contributed by atoms with Crippen LogP contribution in [0.3, 0.4) is 0 Å². The van der Waals surface area contributed by atoms with Gasteiger partial charge >= 0.3 is 0 Å². The molecule has 3 rings (SSSR count). The van der Waals surface area contributed by atoms with Gasteiger partial charge in [-0.25, -0.2) is 0 Å². The van der Waals surface area contributed by atoms with Crippen molar-refractivity contribution in [3.63, 3.8) is 0 Å². The lowest BCUT2D eigenvalue weighted by Crippen LogP contribution is -2.53. The highest BCUT2D eigenvalue weighted by atomic mass is 16.3. The van der Waals surface area contributed by atoms with Crippen molar-refractivity contribution in [2.75, 3.05) is 0 Å². The van der Waals surface area contributed by atoms with Crippen molar-refractivity contribution in [2.45, 2.75) is 58.5 Å². The quantitative estimate of drug-likeness (QED) is 0.584. The Hall–Kier alpha value is -0.700. The van der Waals surface area contributed by atoms with Crippen LogP contribution >= 0.6 is 0 Å². The number of carbonyl (C=O) groups excluding carboxylic acids is 2. The van der Waals surface area contributed by atoms with Gasteiger partial charge in [0.25, 0.3) is 0 Å². The molecule has 3 aliphatic carbocycles. The highest BCUT2D eigenvalue weighted by molar-refractivity contribution is 5.98. The summed E-state index contributed by atoms with van der Waals surface area (Å²) < 4.78 is 0. The van der Waals surface area contributed by atoms with Gasteiger partial charge in [0.15, 0.2) is 0 Å². The zero-order valence-corrected chi connectivity index (χ0v) is 11.9. The van der Waals surface area contributed by atoms with E-state index < -0.39 is 5.41 Å². The summed E-state index contributed by atoms with van der Waals surface area (Å²) in [6, 6.07) is 0. The Kier molecular flexibility index (Phi) is 2.90. The Morgan fingerprint density at radius 2 is 1.89 bits per heavy atom. The first kappa shape index (κ1) is 13.3. The second-order valence-electron chi connectivity index (χ2n) is 7.38. The summed E-state index contributed by atoms with van der Waals surface area (Å²) in [5.74, 6) is 1.28. The van der Waals surface area contributed by atoms with E-state index in [2.05, 4.69) is 6.92 Å². The Balaban J connectivity index is 1.95. The summed E-state index contributed by atoms with van der Waals surface area (Å²) in [5.41, 5.74) is -0.747. The fourth-order valence-electron chi connectivity index (χ4n) is 5.33. The Morgan fingerprint density at radius 1 is 1.16 bits per heavy atom. The number of hydrogen-bond acceptors (Lipinski definition) is 3. The third-order valence-electron chi connectivity index (χ3n) is 6.71. The first-order chi connectivity index (χ1) is 8.93. The summed E-state index contributed by atoms with van der Waals surface area (Å²) in [5, 5.41) is 10.3. The number of aldehydes is 1. The van der Waals surface area contributed by atoms with Gasteiger partial charge in [0.05, 0.1) is 11.5 Å². The van der Waals surface area contributed by atoms with Crippen LogP contribution in [0, 0.1) is 28.6 Å². The second kappa shape index (κ2) is 4.15. The van der Waals surface area contributed by atoms with E-state index in [1.54, 1.807) is 0 Å². The largest absolute Gasteiger partial charge is 0.393 e. The highest BCUT2D eigenvalue weighted by Gasteiger charge is 2.59. The molecule has 1 N–H and O–H groups in total. The maximum absolute atomic E-state index is 12.2. The van der Waals surface area contributed by atoms with Gasteiger partial charge in [-0.2, -0.15) is 0 Å². The van der Waals surface area contributed by atoms with E-state index in [1.807, 2.05) is 6.92 Å². The van der Waals surface area contributed by atoms with E-state index in [0.29, 0.717) is 18.3 Å². The molecule has 0 aromatic heterocycles. The van der Waals surface area contributed by atoms with Crippen LogP contribution in [0.4, 0.5) is 0 Å². The SMILES string of the molecule is C[C@]1(C=O)C(=O)CCC2C1CC[C@@]1(C)C2CC[C@@H]1O. The maximum Gasteiger partial charge on any atom is 0.146 e. The summed E-state index contributed by atoms with van der Waals surface area (Å²) in [6.07, 6.45) is 5.97. The number of fused-ring (bicyclic) bond motifs is 3. The van der Waals surface area contributed by atoms with Crippen LogP contribution < -0.4 is 0 Å². The molecule has 3 unspecified atom stereocenters. The monoisotopic (exact) mass is 264 g/mol. The Bertz CT molecular complexity index is 418. The van der Waals surface area contributed by atoms with Gasteiger partial charge in [0.2, 0.25) is 0 Å². The van der Waals surface area contributed by atoms with Gasteiger partial charge < -0.3 is 9.90 Å². The van der Waals surface area contributed by atoms with Gasteiger partial charge in [0, 0.05) is 6.42 Å². The molecule has 6 atom stereocenters. The fraction of sp³-hybridized carbons (Fsp3) is 0.875. The lowest BCUT2D eigenvalue weighted by molar-refractivity contribution is -0.150. The zero-order valence-electron chi connectivity index (χ0n) is 11.9. The van der Waals surface area contributed by atoms with Gasteiger partial charge in [0.1, 0.15) is 12.1 Å². The van der Waals surface area contributed by atoms with Gasteiger partial charge in [-0.05, 0) is 62.2 Å². The number of Topliss-reactive ketones (excluding diaryl/α,β-unsaturated/α-hetero) is 1. The Labute approximate surface area is 114 Å². The van der Waals surface area contributed by atoms with Crippen molar-refractivity contribution in [3.05, 3.63) is 0 Å². The molecule has 0 amide bonds. The number of aliphatic hydroxyl groups is 1. The van der Waals surface area contributed by atoms with Crippen molar-refractivity contribution in [3.8, 4) is 0 Å². The van der Waals surface area contributed by atoms with Crippen LogP contribution in [-0.4, -0.2) is 23.3 Å². The number of ketones is 1. The molecule has 0 saturated heterocycles. The van der Waals surface area contributed by atoms with Crippen LogP contribution in [0.5, 0.6) is 0 Å². The molecule has 3 heteroatoms. The first-order valence-corrected chi connectivity index (χ1v) is 7.61. The predicted molar refractivity (Wildman–Crippen MR) is 71.5 cm³/mol. The molecule has 0 aromatic carbocycles. The predicted octanol–water partition coefficient (Wildman–Crippen LogP) is 2.36. The molecule has 0 spiro atoms. The third kappa shape index (κ3) is 1.60. The zero-order chi connectivity index (χ0) is 13.8. The van der Waals surface area contributed by atoms with Crippen LogP contribution in [0.15, 0.2) is 0 Å². The fourth-order valence-corrected chi connectivity index (χ4v) is 5.33. The van der Waals surface area contributed by atoms with Crippen molar-refractivity contribution >= 4 is 12.1 Å². The summed E-state index contributed by atoms with van der Waals surface area (Å²) in [7, 11) is 0. The van der Waals surface area contributed by atoms with E-state index in [0.717, 1.165) is 38.4 Å². The minimum Gasteiger partial charge on any atom is -0.393 e. The molecule has 3 fully saturated rings. The molecule has 0 aliphatic heterocycles. The molecule has 0 heterocycles. The standard InChI is InChI=1S/C16H24O3/c1-15-8-7-12-10(11(15)4-6-13(15)18)3-5-14(19)16(12,2)9-17/h9-13,18H,3-8H2,1-2H3/t10?,11?,12?,13-,15-,16+/m0/s1. The van der Waals surface area contributed by atoms with Gasteiger partial charge in [-0.15, -0.1) is 0 Å². The maximum atomic E-state index is 12.2. The minimum absolute atomic E-state index is 0.0192. The van der Waals surface area contributed by atoms with Crippen LogP contribution in [-0.2, 0) is 9.59 Å². The average molecular weight is 264 g/mol. The minimum atomic E-state index is -0.766. The van der Waals surface area contributed by atoms with Crippen molar-refractivity contribution in [2.24, 2.45) is 28.6 Å². The van der Waals surface area contributed by atoms with Gasteiger partial charge in [-0.3, -0.25) is 4.79 Å². The highest BCUT2D eigenvalue weighted by Crippen LogP contribution is 2.61. The second-order valence-corrected chi connectivity index (χ2v) is 7.38. The molecule has 3 nitrogen and oxygen atoms in total. The van der Waals surface area contributed by atoms with Crippen LogP contribution in [0.1, 0.15) is 52.4 Å². The summed E-state index contributed by atoms with van der Waals surface area (Å²) in [4.78, 5) is 23.7. The summed E-state index contributed by atoms with van der Waals surface area (Å²) in [6.45, 7) is 4.05. The molecule has 0 radical (unpaired) electrons. The van der Waals surface area contributed by atoms with Crippen molar-refractivity contribution in [1.29, 1.82) is 0 Å². The van der Waals surface area contributed by atoms with Gasteiger partial charge in [-0.1, -0.05) is 6.92 Å². The van der Waals surface area contributed by atoms with Crippen LogP contribution in [0.2, 0.25) is 0 Å². The third-order valence-corrected chi connectivity index (χ3v) is 6.71. The molecule has 19 heavy (non-hydrogen) atoms. The molecular weight excluding hydrogens is 240 g/mol. The molecular formula is C16H24O3. The van der Waals surface area contributed by atoms with Crippen molar-refractivity contribution in [1.82, 2.24) is 0 Å². The number of carbonyl (C=O) groups is 2. The van der Waals surface area contributed by atoms with E-state index in [-0.39, 0.29) is 23.2 Å². The average Bonchev–Trinajstić information content (AvgIpc) is 2.70. The molecule has 0 aromatic rings. The Morgan fingerprint density at radius 3 is 2.58 bits per heavy atom. The lowest BCUT2D eigenvalue weighted by Gasteiger charge is -2.53. The molecule has 106 valence electrons. The summed E-state index contributed by atoms with van der Waals surface area (Å²) >= 11 is 0. The van der Waals surface area contributed by atoms with Crippen LogP contribution in [0.25, 0.3) is 0 Å². The number of aliphatic hydroxyl groups excluding tert-OH is 1. The van der Waals surface area contributed by atoms with E-state index in [1.165, 1.54) is 0 Å². The normalized spacial score (nSPS) is 53.5. The van der Waals surface area contributed by atoms with E-state index >= 15 is 0 Å². The van der Waals surface area contributed by atoms with Crippen molar-refractivity contribution < 1.29 is 14.7 Å². The first-order valence-electron chi connectivity index (χ1n) is 7.61. The number of rotatable bonds is 1. The molecule has 3 aliphatic rings. The topological polar surface area (TPSA) is 54.4 Å². The van der Waals surface area contributed by atoms with E-state index in [9.17, 15) is 14.7 Å².